The third-order valence-corrected chi connectivity index (χ3v) is 5.20. The van der Waals surface area contributed by atoms with E-state index in [9.17, 15) is 24.0 Å². The van der Waals surface area contributed by atoms with Crippen LogP contribution in [0.5, 0.6) is 0 Å². The van der Waals surface area contributed by atoms with Crippen LogP contribution in [0, 0.1) is 0 Å². The largest absolute Gasteiger partial charge is 0.463 e. The standard InChI is InChI=1S/C25H33NO8/c1-6-32-23(30)21(20(28)18-13-11-17(12-14-18)16(2)27)33-22(29)19-10-8-7-9-15-26(19)24(31)34-25(3,4)5/h11-14,19,21H,6-10,15H2,1-5H3. The van der Waals surface area contributed by atoms with Crippen molar-refractivity contribution in [3.63, 3.8) is 0 Å². The molecular formula is C25H33NO8. The summed E-state index contributed by atoms with van der Waals surface area (Å²) in [6.45, 7) is 8.41. The van der Waals surface area contributed by atoms with Crippen LogP contribution in [0.4, 0.5) is 4.79 Å². The Hall–Kier alpha value is -3.23. The second kappa shape index (κ2) is 11.8. The van der Waals surface area contributed by atoms with Gasteiger partial charge in [0.15, 0.2) is 5.78 Å². The first-order valence-electron chi connectivity index (χ1n) is 11.5. The highest BCUT2D eigenvalue weighted by atomic mass is 16.6. The van der Waals surface area contributed by atoms with Crippen LogP contribution in [-0.4, -0.2) is 65.4 Å². The smallest absolute Gasteiger partial charge is 0.411 e. The number of Topliss-reactive ketones (excluding diaryl/α,β-unsaturated/α-hetero) is 2. The SMILES string of the molecule is CCOC(=O)C(OC(=O)C1CCCCCN1C(=O)OC(C)(C)C)C(=O)c1ccc(C(C)=O)cc1. The van der Waals surface area contributed by atoms with Crippen molar-refractivity contribution in [3.8, 4) is 0 Å². The minimum absolute atomic E-state index is 0.0170. The van der Waals surface area contributed by atoms with Crippen molar-refractivity contribution in [2.45, 2.75) is 78.0 Å². The van der Waals surface area contributed by atoms with Crippen LogP contribution in [0.3, 0.4) is 0 Å². The number of carbonyl (C=O) groups excluding carboxylic acids is 5. The number of hydrogen-bond donors (Lipinski definition) is 0. The molecule has 1 aliphatic heterocycles. The van der Waals surface area contributed by atoms with Gasteiger partial charge in [0, 0.05) is 17.7 Å². The van der Waals surface area contributed by atoms with Gasteiger partial charge in [0.05, 0.1) is 6.61 Å². The Morgan fingerprint density at radius 2 is 1.62 bits per heavy atom. The van der Waals surface area contributed by atoms with Gasteiger partial charge in [-0.1, -0.05) is 37.1 Å². The Bertz CT molecular complexity index is 916. The first kappa shape index (κ1) is 27.0. The average molecular weight is 476 g/mol. The number of amides is 1. The quantitative estimate of drug-likeness (QED) is 0.253. The van der Waals surface area contributed by atoms with Crippen molar-refractivity contribution in [3.05, 3.63) is 35.4 Å². The lowest BCUT2D eigenvalue weighted by molar-refractivity contribution is -0.167. The predicted molar refractivity (Wildman–Crippen MR) is 122 cm³/mol. The molecule has 1 heterocycles. The van der Waals surface area contributed by atoms with E-state index in [1.54, 1.807) is 27.7 Å². The monoisotopic (exact) mass is 475 g/mol. The Labute approximate surface area is 199 Å². The zero-order valence-electron chi connectivity index (χ0n) is 20.4. The van der Waals surface area contributed by atoms with E-state index in [2.05, 4.69) is 0 Å². The van der Waals surface area contributed by atoms with Gasteiger partial charge >= 0.3 is 18.0 Å². The summed E-state index contributed by atoms with van der Waals surface area (Å²) in [5.74, 6) is -2.84. The van der Waals surface area contributed by atoms with E-state index in [0.717, 1.165) is 6.42 Å². The average Bonchev–Trinajstić information content (AvgIpc) is 3.02. The molecule has 9 heteroatoms. The lowest BCUT2D eigenvalue weighted by atomic mass is 10.0. The lowest BCUT2D eigenvalue weighted by Crippen LogP contribution is -2.49. The molecule has 0 spiro atoms. The normalized spacial score (nSPS) is 17.2. The van der Waals surface area contributed by atoms with Crippen LogP contribution in [-0.2, 0) is 23.8 Å². The molecule has 2 atom stereocenters. The molecule has 1 fully saturated rings. The predicted octanol–water partition coefficient (Wildman–Crippen LogP) is 3.73. The molecule has 9 nitrogen and oxygen atoms in total. The lowest BCUT2D eigenvalue weighted by Gasteiger charge is -2.31. The van der Waals surface area contributed by atoms with E-state index in [1.807, 2.05) is 0 Å². The minimum Gasteiger partial charge on any atom is -0.463 e. The molecule has 186 valence electrons. The molecule has 1 aromatic carbocycles. The number of ether oxygens (including phenoxy) is 3. The number of benzene rings is 1. The summed E-state index contributed by atoms with van der Waals surface area (Å²) in [6.07, 6.45) is -0.00874. The van der Waals surface area contributed by atoms with E-state index in [-0.39, 0.29) is 18.0 Å². The number of nitrogens with zero attached hydrogens (tertiary/aromatic N) is 1. The number of esters is 2. The van der Waals surface area contributed by atoms with Crippen LogP contribution >= 0.6 is 0 Å². The fourth-order valence-corrected chi connectivity index (χ4v) is 3.53. The summed E-state index contributed by atoms with van der Waals surface area (Å²) in [5, 5.41) is 0. The van der Waals surface area contributed by atoms with Gasteiger partial charge in [0.25, 0.3) is 6.10 Å². The Balaban J connectivity index is 2.28. The molecule has 2 unspecified atom stereocenters. The molecule has 0 saturated carbocycles. The molecule has 1 amide bonds. The van der Waals surface area contributed by atoms with Gasteiger partial charge in [-0.3, -0.25) is 14.5 Å². The van der Waals surface area contributed by atoms with Gasteiger partial charge in [0.1, 0.15) is 11.6 Å². The molecule has 0 aromatic heterocycles. The summed E-state index contributed by atoms with van der Waals surface area (Å²) >= 11 is 0. The van der Waals surface area contributed by atoms with E-state index >= 15 is 0 Å². The van der Waals surface area contributed by atoms with Crippen molar-refractivity contribution in [1.82, 2.24) is 4.90 Å². The van der Waals surface area contributed by atoms with Crippen molar-refractivity contribution in [2.75, 3.05) is 13.2 Å². The Kier molecular flexibility index (Phi) is 9.35. The summed E-state index contributed by atoms with van der Waals surface area (Å²) < 4.78 is 15.8. The second-order valence-corrected chi connectivity index (χ2v) is 9.11. The van der Waals surface area contributed by atoms with Gasteiger partial charge in [0.2, 0.25) is 5.78 Å². The van der Waals surface area contributed by atoms with Gasteiger partial charge < -0.3 is 14.2 Å². The van der Waals surface area contributed by atoms with Crippen molar-refractivity contribution in [2.24, 2.45) is 0 Å². The van der Waals surface area contributed by atoms with Gasteiger partial charge in [-0.15, -0.1) is 0 Å². The number of rotatable bonds is 7. The van der Waals surface area contributed by atoms with E-state index < -0.39 is 41.6 Å². The van der Waals surface area contributed by atoms with E-state index in [0.29, 0.717) is 31.4 Å². The number of ketones is 2. The summed E-state index contributed by atoms with van der Waals surface area (Å²) in [7, 11) is 0. The summed E-state index contributed by atoms with van der Waals surface area (Å²) in [6, 6.07) is 4.68. The van der Waals surface area contributed by atoms with Crippen LogP contribution < -0.4 is 0 Å². The van der Waals surface area contributed by atoms with E-state index in [4.69, 9.17) is 14.2 Å². The van der Waals surface area contributed by atoms with E-state index in [1.165, 1.54) is 36.1 Å². The van der Waals surface area contributed by atoms with Gasteiger partial charge in [-0.25, -0.2) is 14.4 Å². The maximum atomic E-state index is 13.2. The zero-order chi connectivity index (χ0) is 25.5. The zero-order valence-corrected chi connectivity index (χ0v) is 20.4. The fraction of sp³-hybridized carbons (Fsp3) is 0.560. The van der Waals surface area contributed by atoms with Crippen molar-refractivity contribution >= 4 is 29.6 Å². The van der Waals surface area contributed by atoms with Crippen molar-refractivity contribution < 1.29 is 38.2 Å². The third-order valence-electron chi connectivity index (χ3n) is 5.20. The molecule has 1 aromatic rings. The molecular weight excluding hydrogens is 442 g/mol. The van der Waals surface area contributed by atoms with Crippen molar-refractivity contribution in [1.29, 1.82) is 0 Å². The first-order chi connectivity index (χ1) is 15.9. The Morgan fingerprint density at radius 3 is 2.18 bits per heavy atom. The molecule has 34 heavy (non-hydrogen) atoms. The summed E-state index contributed by atoms with van der Waals surface area (Å²) in [4.78, 5) is 64.3. The van der Waals surface area contributed by atoms with Crippen LogP contribution in [0.1, 0.15) is 81.0 Å². The molecule has 0 aliphatic carbocycles. The third kappa shape index (κ3) is 7.40. The molecule has 0 radical (unpaired) electrons. The maximum Gasteiger partial charge on any atom is 0.411 e. The van der Waals surface area contributed by atoms with Crippen LogP contribution in [0.25, 0.3) is 0 Å². The highest BCUT2D eigenvalue weighted by molar-refractivity contribution is 6.12. The molecule has 1 aliphatic rings. The van der Waals surface area contributed by atoms with Crippen LogP contribution in [0.2, 0.25) is 0 Å². The Morgan fingerprint density at radius 1 is 1.00 bits per heavy atom. The topological polar surface area (TPSA) is 116 Å². The molecule has 1 saturated heterocycles. The molecule has 0 N–H and O–H groups in total. The number of likely N-dealkylation sites (tertiary alicyclic amines) is 1. The molecule has 2 rings (SSSR count). The number of carbonyl (C=O) groups is 5. The minimum atomic E-state index is -1.83. The second-order valence-electron chi connectivity index (χ2n) is 9.11. The first-order valence-corrected chi connectivity index (χ1v) is 11.5. The number of hydrogen-bond acceptors (Lipinski definition) is 8. The highest BCUT2D eigenvalue weighted by Gasteiger charge is 2.39. The van der Waals surface area contributed by atoms with Crippen LogP contribution in [0.15, 0.2) is 24.3 Å². The highest BCUT2D eigenvalue weighted by Crippen LogP contribution is 2.22. The fourth-order valence-electron chi connectivity index (χ4n) is 3.53. The molecule has 0 bridgehead atoms. The summed E-state index contributed by atoms with van der Waals surface area (Å²) in [5.41, 5.74) is -0.277. The van der Waals surface area contributed by atoms with Gasteiger partial charge in [-0.2, -0.15) is 0 Å². The van der Waals surface area contributed by atoms with Gasteiger partial charge in [-0.05, 0) is 47.5 Å². The maximum absolute atomic E-state index is 13.2.